The van der Waals surface area contributed by atoms with Crippen LogP contribution in [0.4, 0.5) is 0 Å². The van der Waals surface area contributed by atoms with Crippen molar-refractivity contribution in [3.63, 3.8) is 0 Å². The fourth-order valence-electron chi connectivity index (χ4n) is 4.39. The maximum atomic E-state index is 12.2. The highest BCUT2D eigenvalue weighted by molar-refractivity contribution is 5.85. The lowest BCUT2D eigenvalue weighted by atomic mass is 10.0. The fourth-order valence-corrected chi connectivity index (χ4v) is 4.39. The number of hydroxylamine groups is 1. The smallest absolute Gasteiger partial charge is 0.332 e. The molecule has 41 heavy (non-hydrogen) atoms. The van der Waals surface area contributed by atoms with Gasteiger partial charge < -0.3 is 15.9 Å². The third-order valence-electron chi connectivity index (χ3n) is 6.68. The van der Waals surface area contributed by atoms with Gasteiger partial charge in [0.15, 0.2) is 0 Å². The predicted octanol–water partition coefficient (Wildman–Crippen LogP) is 5.04. The molecule has 0 aliphatic carbocycles. The molecular weight excluding hydrogens is 538 g/mol. The van der Waals surface area contributed by atoms with Crippen LogP contribution in [0.2, 0.25) is 0 Å². The Morgan fingerprint density at radius 2 is 1.24 bits per heavy atom. The van der Waals surface area contributed by atoms with Gasteiger partial charge in [0.2, 0.25) is 5.91 Å². The number of carbonyl (C=O) groups excluding carboxylic acids is 3. The first-order chi connectivity index (χ1) is 19.5. The molecule has 2 amide bonds. The summed E-state index contributed by atoms with van der Waals surface area (Å²) in [4.78, 5) is 41.1. The Bertz CT molecular complexity index is 1170. The van der Waals surface area contributed by atoms with Crippen molar-refractivity contribution in [2.45, 2.75) is 70.3 Å². The van der Waals surface area contributed by atoms with E-state index >= 15 is 0 Å². The number of hydrogen-bond donors (Lipinski definition) is 3. The van der Waals surface area contributed by atoms with Crippen LogP contribution in [0, 0.1) is 0 Å². The van der Waals surface area contributed by atoms with Gasteiger partial charge in [-0.05, 0) is 67.2 Å². The molecular formula is C33H42ClN3O4. The Morgan fingerprint density at radius 3 is 1.88 bits per heavy atom. The fraction of sp³-hybridized carbons (Fsp3) is 0.364. The minimum atomic E-state index is -0.589. The number of carbonyl (C=O) groups is 3. The molecule has 0 fully saturated rings. The number of unbranched alkanes of at least 4 members (excludes halogenated alkanes) is 3. The van der Waals surface area contributed by atoms with Crippen LogP contribution in [-0.4, -0.2) is 30.4 Å². The van der Waals surface area contributed by atoms with E-state index in [-0.39, 0.29) is 37.1 Å². The van der Waals surface area contributed by atoms with Gasteiger partial charge in [0.05, 0.1) is 12.5 Å². The van der Waals surface area contributed by atoms with E-state index in [2.05, 4.69) is 47.2 Å². The SMILES string of the molecule is Cl.NC(Cc1ccccc1)C(=O)NCCCCCC(=O)ONC(=O)Cc1ccc(CCCCc2ccccc2)cc1. The molecule has 0 saturated heterocycles. The van der Waals surface area contributed by atoms with Gasteiger partial charge in [-0.25, -0.2) is 4.79 Å². The lowest BCUT2D eigenvalue weighted by Gasteiger charge is -2.12. The van der Waals surface area contributed by atoms with E-state index in [0.717, 1.165) is 49.7 Å². The second-order valence-electron chi connectivity index (χ2n) is 10.1. The highest BCUT2D eigenvalue weighted by Gasteiger charge is 2.13. The monoisotopic (exact) mass is 579 g/mol. The predicted molar refractivity (Wildman–Crippen MR) is 164 cm³/mol. The van der Waals surface area contributed by atoms with Crippen LogP contribution in [-0.2, 0) is 44.9 Å². The lowest BCUT2D eigenvalue weighted by Crippen LogP contribution is -2.42. The standard InChI is InChI=1S/C33H41N3O4.ClH/c34-30(24-28-16-6-2-7-17-28)33(39)35-23-11-3-8-18-32(38)40-36-31(37)25-29-21-19-27(20-22-29)15-10-9-14-26-12-4-1-5-13-26;/h1-2,4-7,12-13,16-17,19-22,30H,3,8-11,14-15,18,23-25,34H2,(H,35,39)(H,36,37);1H. The van der Waals surface area contributed by atoms with Crippen LogP contribution in [0.15, 0.2) is 84.9 Å². The summed E-state index contributed by atoms with van der Waals surface area (Å²) in [6, 6.07) is 27.6. The quantitative estimate of drug-likeness (QED) is 0.163. The zero-order valence-electron chi connectivity index (χ0n) is 23.6. The van der Waals surface area contributed by atoms with Crippen molar-refractivity contribution in [2.24, 2.45) is 5.73 Å². The van der Waals surface area contributed by atoms with Crippen LogP contribution in [0.25, 0.3) is 0 Å². The van der Waals surface area contributed by atoms with Crippen LogP contribution >= 0.6 is 12.4 Å². The van der Waals surface area contributed by atoms with E-state index in [1.54, 1.807) is 0 Å². The normalized spacial score (nSPS) is 11.1. The van der Waals surface area contributed by atoms with Gasteiger partial charge in [0.1, 0.15) is 0 Å². The second kappa shape index (κ2) is 19.4. The molecule has 0 heterocycles. The van der Waals surface area contributed by atoms with Crippen LogP contribution in [0.3, 0.4) is 0 Å². The molecule has 3 rings (SSSR count). The maximum absolute atomic E-state index is 12.2. The van der Waals surface area contributed by atoms with Gasteiger partial charge >= 0.3 is 5.97 Å². The number of rotatable bonds is 16. The first-order valence-electron chi connectivity index (χ1n) is 14.2. The Kier molecular flexibility index (Phi) is 15.9. The molecule has 8 heteroatoms. The van der Waals surface area contributed by atoms with Gasteiger partial charge in [0, 0.05) is 13.0 Å². The minimum Gasteiger partial charge on any atom is -0.355 e. The summed E-state index contributed by atoms with van der Waals surface area (Å²) in [5, 5.41) is 2.84. The average Bonchev–Trinajstić information content (AvgIpc) is 2.97. The minimum absolute atomic E-state index is 0. The summed E-state index contributed by atoms with van der Waals surface area (Å²) < 4.78 is 0. The van der Waals surface area contributed by atoms with E-state index < -0.39 is 12.0 Å². The van der Waals surface area contributed by atoms with Crippen LogP contribution in [0.1, 0.15) is 60.8 Å². The molecule has 0 spiro atoms. The Morgan fingerprint density at radius 1 is 0.683 bits per heavy atom. The number of aryl methyl sites for hydroxylation is 2. The Labute approximate surface area is 249 Å². The molecule has 220 valence electrons. The first-order valence-corrected chi connectivity index (χ1v) is 14.2. The van der Waals surface area contributed by atoms with Crippen molar-refractivity contribution in [2.75, 3.05) is 6.54 Å². The Balaban J connectivity index is 0.00000588. The molecule has 3 aromatic carbocycles. The first kappa shape index (κ1) is 33.5. The van der Waals surface area contributed by atoms with E-state index in [1.165, 1.54) is 11.1 Å². The Hall–Kier alpha value is -3.68. The molecule has 0 saturated carbocycles. The number of hydrogen-bond acceptors (Lipinski definition) is 5. The molecule has 3 aromatic rings. The highest BCUT2D eigenvalue weighted by atomic mass is 35.5. The molecule has 1 unspecified atom stereocenters. The third-order valence-corrected chi connectivity index (χ3v) is 6.68. The average molecular weight is 580 g/mol. The molecule has 4 N–H and O–H groups in total. The molecule has 0 aromatic heterocycles. The van der Waals surface area contributed by atoms with Crippen molar-refractivity contribution in [3.8, 4) is 0 Å². The number of nitrogens with two attached hydrogens (primary N) is 1. The van der Waals surface area contributed by atoms with Crippen molar-refractivity contribution in [1.82, 2.24) is 10.8 Å². The van der Waals surface area contributed by atoms with E-state index in [0.29, 0.717) is 19.4 Å². The zero-order valence-corrected chi connectivity index (χ0v) is 24.4. The second-order valence-corrected chi connectivity index (χ2v) is 10.1. The summed E-state index contributed by atoms with van der Waals surface area (Å²) in [6.07, 6.45) is 7.25. The van der Waals surface area contributed by atoms with E-state index in [1.807, 2.05) is 48.5 Å². The number of halogens is 1. The van der Waals surface area contributed by atoms with Crippen molar-refractivity contribution < 1.29 is 19.2 Å². The molecule has 0 radical (unpaired) electrons. The van der Waals surface area contributed by atoms with Crippen molar-refractivity contribution in [1.29, 1.82) is 0 Å². The molecule has 0 aliphatic rings. The summed E-state index contributed by atoms with van der Waals surface area (Å²) >= 11 is 0. The highest BCUT2D eigenvalue weighted by Crippen LogP contribution is 2.11. The van der Waals surface area contributed by atoms with Crippen LogP contribution in [0.5, 0.6) is 0 Å². The zero-order chi connectivity index (χ0) is 28.4. The molecule has 7 nitrogen and oxygen atoms in total. The summed E-state index contributed by atoms with van der Waals surface area (Å²) in [7, 11) is 0. The van der Waals surface area contributed by atoms with Gasteiger partial charge in [-0.2, -0.15) is 5.48 Å². The van der Waals surface area contributed by atoms with Gasteiger partial charge in [0.25, 0.3) is 5.91 Å². The van der Waals surface area contributed by atoms with Crippen LogP contribution < -0.4 is 16.5 Å². The summed E-state index contributed by atoms with van der Waals surface area (Å²) in [5.74, 6) is -1.02. The van der Waals surface area contributed by atoms with E-state index in [4.69, 9.17) is 10.6 Å². The number of amides is 2. The number of benzene rings is 3. The van der Waals surface area contributed by atoms with E-state index in [9.17, 15) is 14.4 Å². The van der Waals surface area contributed by atoms with Gasteiger partial charge in [-0.3, -0.25) is 9.59 Å². The van der Waals surface area contributed by atoms with Gasteiger partial charge in [-0.15, -0.1) is 12.4 Å². The summed E-state index contributed by atoms with van der Waals surface area (Å²) in [6.45, 7) is 0.500. The van der Waals surface area contributed by atoms with Gasteiger partial charge in [-0.1, -0.05) is 91.3 Å². The molecule has 0 bridgehead atoms. The molecule has 0 aliphatic heterocycles. The largest absolute Gasteiger partial charge is 0.355 e. The maximum Gasteiger partial charge on any atom is 0.332 e. The van der Waals surface area contributed by atoms with Crippen molar-refractivity contribution >= 4 is 30.2 Å². The molecule has 1 atom stereocenters. The topological polar surface area (TPSA) is 111 Å². The van der Waals surface area contributed by atoms with Crippen molar-refractivity contribution in [3.05, 3.63) is 107 Å². The third kappa shape index (κ3) is 14.0. The number of nitrogens with one attached hydrogen (secondary N) is 2. The lowest BCUT2D eigenvalue weighted by molar-refractivity contribution is -0.158. The summed E-state index contributed by atoms with van der Waals surface area (Å²) in [5.41, 5.74) is 12.7.